The average Bonchev–Trinajstić information content (AvgIpc) is 2.45. The predicted molar refractivity (Wildman–Crippen MR) is 76.1 cm³/mol. The second kappa shape index (κ2) is 4.84. The van der Waals surface area contributed by atoms with Crippen molar-refractivity contribution in [3.8, 4) is 6.07 Å². The van der Waals surface area contributed by atoms with E-state index in [-0.39, 0.29) is 5.54 Å². The molecule has 1 saturated heterocycles. The van der Waals surface area contributed by atoms with Crippen LogP contribution in [0.2, 0.25) is 0 Å². The van der Waals surface area contributed by atoms with Gasteiger partial charge >= 0.3 is 0 Å². The zero-order valence-electron chi connectivity index (χ0n) is 11.8. The Hall–Kier alpha value is -1.57. The van der Waals surface area contributed by atoms with Crippen molar-refractivity contribution in [1.82, 2.24) is 5.32 Å². The van der Waals surface area contributed by atoms with E-state index >= 15 is 0 Å². The summed E-state index contributed by atoms with van der Waals surface area (Å²) in [6, 6.07) is 9.72. The molecule has 0 aromatic heterocycles. The van der Waals surface area contributed by atoms with Crippen LogP contribution in [0.5, 0.6) is 0 Å². The summed E-state index contributed by atoms with van der Waals surface area (Å²) < 4.78 is 0. The molecule has 4 nitrogen and oxygen atoms in total. The van der Waals surface area contributed by atoms with Gasteiger partial charge in [-0.05, 0) is 39.0 Å². The van der Waals surface area contributed by atoms with E-state index in [4.69, 9.17) is 5.26 Å². The first-order chi connectivity index (χ1) is 8.84. The lowest BCUT2D eigenvalue weighted by Crippen LogP contribution is -2.51. The molecule has 1 aromatic carbocycles. The molecular formula is C15H21N3O. The first-order valence-corrected chi connectivity index (χ1v) is 6.55. The average molecular weight is 259 g/mol. The minimum atomic E-state index is -0.781. The van der Waals surface area contributed by atoms with Gasteiger partial charge in [-0.25, -0.2) is 0 Å². The quantitative estimate of drug-likeness (QED) is 0.802. The van der Waals surface area contributed by atoms with E-state index in [1.165, 1.54) is 0 Å². The number of rotatable bonds is 1. The van der Waals surface area contributed by atoms with E-state index in [0.29, 0.717) is 18.7 Å². The lowest BCUT2D eigenvalue weighted by atomic mass is 9.99. The fraction of sp³-hybridized carbons (Fsp3) is 0.533. The Labute approximate surface area is 114 Å². The largest absolute Gasteiger partial charge is 0.387 e. The van der Waals surface area contributed by atoms with Crippen molar-refractivity contribution in [3.05, 3.63) is 29.8 Å². The standard InChI is InChI=1S/C15H21N3O/c1-14(2)9-17-10-15(3,19)11-18(14)13-6-4-5-12(7-13)8-16/h4-7,17,19H,9-11H2,1-3H3. The molecule has 102 valence electrons. The van der Waals surface area contributed by atoms with Crippen molar-refractivity contribution in [1.29, 1.82) is 5.26 Å². The molecule has 0 amide bonds. The topological polar surface area (TPSA) is 59.3 Å². The van der Waals surface area contributed by atoms with Gasteiger partial charge in [0, 0.05) is 30.9 Å². The van der Waals surface area contributed by atoms with Crippen molar-refractivity contribution in [2.24, 2.45) is 0 Å². The van der Waals surface area contributed by atoms with Crippen molar-refractivity contribution in [2.75, 3.05) is 24.5 Å². The molecule has 1 unspecified atom stereocenters. The van der Waals surface area contributed by atoms with Crippen LogP contribution in [0.25, 0.3) is 0 Å². The first kappa shape index (κ1) is 13.9. The van der Waals surface area contributed by atoms with E-state index in [1.54, 1.807) is 6.07 Å². The molecule has 1 aliphatic rings. The summed E-state index contributed by atoms with van der Waals surface area (Å²) in [5.74, 6) is 0. The molecule has 2 rings (SSSR count). The highest BCUT2D eigenvalue weighted by Gasteiger charge is 2.36. The summed E-state index contributed by atoms with van der Waals surface area (Å²) in [5, 5.41) is 22.7. The second-order valence-electron chi connectivity index (χ2n) is 6.16. The van der Waals surface area contributed by atoms with Crippen molar-refractivity contribution in [2.45, 2.75) is 31.9 Å². The van der Waals surface area contributed by atoms with E-state index in [9.17, 15) is 5.11 Å². The molecule has 0 saturated carbocycles. The van der Waals surface area contributed by atoms with Crippen LogP contribution in [0.15, 0.2) is 24.3 Å². The number of hydrogen-bond acceptors (Lipinski definition) is 4. The monoisotopic (exact) mass is 259 g/mol. The summed E-state index contributed by atoms with van der Waals surface area (Å²) >= 11 is 0. The SMILES string of the molecule is CC1(O)CNCC(C)(C)N(c2cccc(C#N)c2)C1. The van der Waals surface area contributed by atoms with E-state index in [2.05, 4.69) is 30.1 Å². The smallest absolute Gasteiger partial charge is 0.0992 e. The highest BCUT2D eigenvalue weighted by Crippen LogP contribution is 2.28. The van der Waals surface area contributed by atoms with Crippen molar-refractivity contribution in [3.63, 3.8) is 0 Å². The van der Waals surface area contributed by atoms with Gasteiger partial charge in [0.05, 0.1) is 17.2 Å². The number of aliphatic hydroxyl groups is 1. The third-order valence-corrected chi connectivity index (χ3v) is 3.58. The van der Waals surface area contributed by atoms with Crippen LogP contribution < -0.4 is 10.2 Å². The van der Waals surface area contributed by atoms with Gasteiger partial charge in [-0.1, -0.05) is 6.07 Å². The van der Waals surface area contributed by atoms with Gasteiger partial charge < -0.3 is 15.3 Å². The molecule has 0 bridgehead atoms. The third kappa shape index (κ3) is 3.06. The molecule has 1 fully saturated rings. The van der Waals surface area contributed by atoms with Gasteiger partial charge in [-0.2, -0.15) is 5.26 Å². The number of β-amino-alcohol motifs (C(OH)–C–C–N with tert-alkyl or cyclic N) is 1. The lowest BCUT2D eigenvalue weighted by Gasteiger charge is -2.41. The molecule has 2 N–H and O–H groups in total. The first-order valence-electron chi connectivity index (χ1n) is 6.55. The molecule has 0 aliphatic carbocycles. The number of hydrogen-bond donors (Lipinski definition) is 2. The number of benzene rings is 1. The number of nitrogens with zero attached hydrogens (tertiary/aromatic N) is 2. The Morgan fingerprint density at radius 1 is 1.32 bits per heavy atom. The van der Waals surface area contributed by atoms with Gasteiger partial charge in [0.25, 0.3) is 0 Å². The van der Waals surface area contributed by atoms with E-state index in [1.807, 2.05) is 25.1 Å². The zero-order valence-corrected chi connectivity index (χ0v) is 11.8. The maximum absolute atomic E-state index is 10.4. The number of anilines is 1. The molecule has 4 heteroatoms. The number of nitrogens with one attached hydrogen (secondary N) is 1. The number of nitriles is 1. The molecule has 1 aliphatic heterocycles. The summed E-state index contributed by atoms with van der Waals surface area (Å²) in [6.45, 7) is 8.02. The Bertz CT molecular complexity index is 502. The van der Waals surface area contributed by atoms with Gasteiger partial charge in [0.2, 0.25) is 0 Å². The van der Waals surface area contributed by atoms with Gasteiger partial charge in [-0.15, -0.1) is 0 Å². The van der Waals surface area contributed by atoms with Crippen LogP contribution in [0, 0.1) is 11.3 Å². The van der Waals surface area contributed by atoms with Gasteiger partial charge in [-0.3, -0.25) is 0 Å². The Balaban J connectivity index is 2.40. The molecule has 0 radical (unpaired) electrons. The van der Waals surface area contributed by atoms with Gasteiger partial charge in [0.1, 0.15) is 0 Å². The van der Waals surface area contributed by atoms with Crippen molar-refractivity contribution >= 4 is 5.69 Å². The molecule has 1 atom stereocenters. The molecular weight excluding hydrogens is 238 g/mol. The normalized spacial score (nSPS) is 26.6. The minimum absolute atomic E-state index is 0.116. The van der Waals surface area contributed by atoms with Crippen LogP contribution in [0.3, 0.4) is 0 Å². The van der Waals surface area contributed by atoms with Crippen molar-refractivity contribution < 1.29 is 5.11 Å². The maximum atomic E-state index is 10.4. The van der Waals surface area contributed by atoms with E-state index < -0.39 is 5.60 Å². The molecule has 0 spiro atoms. The van der Waals surface area contributed by atoms with Crippen LogP contribution in [-0.2, 0) is 0 Å². The maximum Gasteiger partial charge on any atom is 0.0992 e. The zero-order chi connectivity index (χ0) is 14.1. The molecule has 19 heavy (non-hydrogen) atoms. The predicted octanol–water partition coefficient (Wildman–Crippen LogP) is 1.50. The Kier molecular flexibility index (Phi) is 3.53. The Morgan fingerprint density at radius 2 is 2.05 bits per heavy atom. The third-order valence-electron chi connectivity index (χ3n) is 3.58. The fourth-order valence-corrected chi connectivity index (χ4v) is 2.53. The summed E-state index contributed by atoms with van der Waals surface area (Å²) in [5.41, 5.74) is 0.725. The van der Waals surface area contributed by atoms with E-state index in [0.717, 1.165) is 12.2 Å². The minimum Gasteiger partial charge on any atom is -0.387 e. The highest BCUT2D eigenvalue weighted by molar-refractivity contribution is 5.54. The van der Waals surface area contributed by atoms with Crippen LogP contribution in [0.1, 0.15) is 26.3 Å². The highest BCUT2D eigenvalue weighted by atomic mass is 16.3. The lowest BCUT2D eigenvalue weighted by molar-refractivity contribution is 0.0720. The molecule has 1 aromatic rings. The molecule has 1 heterocycles. The summed E-state index contributed by atoms with van der Waals surface area (Å²) in [4.78, 5) is 2.17. The van der Waals surface area contributed by atoms with Gasteiger partial charge in [0.15, 0.2) is 0 Å². The van der Waals surface area contributed by atoms with Crippen LogP contribution in [0.4, 0.5) is 5.69 Å². The summed E-state index contributed by atoms with van der Waals surface area (Å²) in [6.07, 6.45) is 0. The van der Waals surface area contributed by atoms with Crippen LogP contribution >= 0.6 is 0 Å². The Morgan fingerprint density at radius 3 is 2.74 bits per heavy atom. The van der Waals surface area contributed by atoms with Crippen LogP contribution in [-0.4, -0.2) is 35.9 Å². The fourth-order valence-electron chi connectivity index (χ4n) is 2.53. The second-order valence-corrected chi connectivity index (χ2v) is 6.16. The summed E-state index contributed by atoms with van der Waals surface area (Å²) in [7, 11) is 0.